The first-order valence-corrected chi connectivity index (χ1v) is 12.4. The molecule has 0 unspecified atom stereocenters. The van der Waals surface area contributed by atoms with E-state index >= 15 is 0 Å². The fourth-order valence-corrected chi connectivity index (χ4v) is 5.50. The molecule has 0 aliphatic carbocycles. The molecule has 7 nitrogen and oxygen atoms in total. The van der Waals surface area contributed by atoms with Gasteiger partial charge in [0, 0.05) is 12.0 Å². The number of ether oxygens (including phenoxy) is 1. The molecule has 3 heterocycles. The first-order valence-electron chi connectivity index (χ1n) is 12.4. The monoisotopic (exact) mass is 498 g/mol. The predicted octanol–water partition coefficient (Wildman–Crippen LogP) is 4.53. The maximum absolute atomic E-state index is 9.23. The number of rotatable bonds is 6. The Kier molecular flexibility index (Phi) is 8.68. The van der Waals surface area contributed by atoms with E-state index in [4.69, 9.17) is 24.5 Å². The second kappa shape index (κ2) is 12.3. The van der Waals surface area contributed by atoms with E-state index in [2.05, 4.69) is 77.7 Å². The molecule has 3 aliphatic heterocycles. The SMILES string of the molecule is N#Cc1cccc(CO[C@H]2C3CCN(CC3)[C@@H]2C(c2ccccc2)c2ccccc2)c1.O=C(O)C(=O)O. The van der Waals surface area contributed by atoms with Crippen LogP contribution in [0.5, 0.6) is 0 Å². The lowest BCUT2D eigenvalue weighted by Gasteiger charge is -2.53. The summed E-state index contributed by atoms with van der Waals surface area (Å²) in [6.07, 6.45) is 2.59. The van der Waals surface area contributed by atoms with Crippen LogP contribution in [0.3, 0.4) is 0 Å². The fourth-order valence-electron chi connectivity index (χ4n) is 5.50. The van der Waals surface area contributed by atoms with Gasteiger partial charge in [0.05, 0.1) is 24.3 Å². The molecule has 2 N–H and O–H groups in total. The number of nitrogens with zero attached hydrogens (tertiary/aromatic N) is 2. The molecule has 2 atom stereocenters. The summed E-state index contributed by atoms with van der Waals surface area (Å²) >= 11 is 0. The van der Waals surface area contributed by atoms with E-state index in [1.165, 1.54) is 24.0 Å². The van der Waals surface area contributed by atoms with Gasteiger partial charge in [-0.2, -0.15) is 5.26 Å². The average molecular weight is 499 g/mol. The number of carboxylic acid groups (broad SMARTS) is 2. The van der Waals surface area contributed by atoms with Crippen LogP contribution in [0.25, 0.3) is 0 Å². The van der Waals surface area contributed by atoms with E-state index in [9.17, 15) is 5.26 Å². The third-order valence-corrected chi connectivity index (χ3v) is 7.14. The highest BCUT2D eigenvalue weighted by Crippen LogP contribution is 2.43. The number of carbonyl (C=O) groups is 2. The van der Waals surface area contributed by atoms with Crippen LogP contribution < -0.4 is 0 Å². The minimum Gasteiger partial charge on any atom is -0.473 e. The van der Waals surface area contributed by atoms with Crippen molar-refractivity contribution in [1.29, 1.82) is 5.26 Å². The lowest BCUT2D eigenvalue weighted by Crippen LogP contribution is -2.60. The molecule has 0 amide bonds. The molecule has 7 heteroatoms. The summed E-state index contributed by atoms with van der Waals surface area (Å²) in [5, 5.41) is 24.0. The largest absolute Gasteiger partial charge is 0.473 e. The number of benzene rings is 3. The summed E-state index contributed by atoms with van der Waals surface area (Å²) in [7, 11) is 0. The van der Waals surface area contributed by atoms with Crippen LogP contribution in [0.1, 0.15) is 41.0 Å². The Balaban J connectivity index is 0.000000480. The van der Waals surface area contributed by atoms with Crippen LogP contribution in [0.4, 0.5) is 0 Å². The van der Waals surface area contributed by atoms with Crippen LogP contribution in [0.15, 0.2) is 84.9 Å². The van der Waals surface area contributed by atoms with E-state index in [1.54, 1.807) is 0 Å². The first-order chi connectivity index (χ1) is 18.0. The number of fused-ring (bicyclic) bond motifs is 3. The van der Waals surface area contributed by atoms with E-state index in [0.717, 1.165) is 18.7 Å². The van der Waals surface area contributed by atoms with Gasteiger partial charge >= 0.3 is 11.9 Å². The second-order valence-electron chi connectivity index (χ2n) is 9.36. The molecule has 37 heavy (non-hydrogen) atoms. The Morgan fingerprint density at radius 1 is 0.892 bits per heavy atom. The third kappa shape index (κ3) is 6.42. The van der Waals surface area contributed by atoms with Gasteiger partial charge in [-0.15, -0.1) is 0 Å². The Morgan fingerprint density at radius 3 is 1.97 bits per heavy atom. The third-order valence-electron chi connectivity index (χ3n) is 7.14. The molecule has 3 aromatic rings. The molecule has 190 valence electrons. The number of hydrogen-bond donors (Lipinski definition) is 2. The highest BCUT2D eigenvalue weighted by molar-refractivity contribution is 6.27. The molecule has 3 saturated heterocycles. The zero-order valence-corrected chi connectivity index (χ0v) is 20.4. The fraction of sp³-hybridized carbons (Fsp3) is 0.300. The van der Waals surface area contributed by atoms with Crippen molar-refractivity contribution in [3.05, 3.63) is 107 Å². The second-order valence-corrected chi connectivity index (χ2v) is 9.36. The van der Waals surface area contributed by atoms with Gasteiger partial charge in [-0.1, -0.05) is 72.8 Å². The van der Waals surface area contributed by atoms with Gasteiger partial charge in [0.2, 0.25) is 0 Å². The molecule has 3 aromatic carbocycles. The molecule has 0 spiro atoms. The number of nitriles is 1. The van der Waals surface area contributed by atoms with Crippen molar-refractivity contribution in [1.82, 2.24) is 4.90 Å². The molecule has 0 saturated carbocycles. The molecule has 3 fully saturated rings. The Bertz CT molecular complexity index is 1180. The standard InChI is InChI=1S/C28H28N2O.C2H2O4/c29-19-21-8-7-9-22(18-21)20-31-28-25-14-16-30(17-15-25)27(28)26(23-10-3-1-4-11-23)24-12-5-2-6-13-24;3-1(4)2(5)6/h1-13,18,25-28H,14-17,20H2;(H,3,4)(H,5,6)/t27-,28+;/m1./s1. The molecule has 2 bridgehead atoms. The molecule has 0 aromatic heterocycles. The van der Waals surface area contributed by atoms with Crippen LogP contribution in [0.2, 0.25) is 0 Å². The zero-order valence-electron chi connectivity index (χ0n) is 20.4. The molecular weight excluding hydrogens is 468 g/mol. The number of carboxylic acids is 2. The van der Waals surface area contributed by atoms with Crippen molar-refractivity contribution in [2.75, 3.05) is 13.1 Å². The lowest BCUT2D eigenvalue weighted by molar-refractivity contribution is -0.159. The molecular formula is C30H30N2O5. The first kappa shape index (κ1) is 26.1. The van der Waals surface area contributed by atoms with Gasteiger partial charge in [-0.3, -0.25) is 4.90 Å². The highest BCUT2D eigenvalue weighted by atomic mass is 16.5. The van der Waals surface area contributed by atoms with Crippen molar-refractivity contribution >= 4 is 11.9 Å². The summed E-state index contributed by atoms with van der Waals surface area (Å²) in [6.45, 7) is 2.85. The molecule has 3 aliphatic rings. The zero-order chi connectivity index (χ0) is 26.2. The van der Waals surface area contributed by atoms with Gasteiger partial charge in [-0.25, -0.2) is 9.59 Å². The summed E-state index contributed by atoms with van der Waals surface area (Å²) < 4.78 is 6.69. The van der Waals surface area contributed by atoms with E-state index in [0.29, 0.717) is 24.1 Å². The number of aliphatic carboxylic acids is 2. The van der Waals surface area contributed by atoms with E-state index < -0.39 is 11.9 Å². The van der Waals surface area contributed by atoms with Crippen molar-refractivity contribution in [2.45, 2.75) is 37.5 Å². The van der Waals surface area contributed by atoms with Crippen LogP contribution in [-0.4, -0.2) is 52.3 Å². The van der Waals surface area contributed by atoms with Crippen LogP contribution in [-0.2, 0) is 20.9 Å². The maximum Gasteiger partial charge on any atom is 0.414 e. The average Bonchev–Trinajstić information content (AvgIpc) is 2.94. The van der Waals surface area contributed by atoms with Crippen LogP contribution >= 0.6 is 0 Å². The number of hydrogen-bond acceptors (Lipinski definition) is 5. The van der Waals surface area contributed by atoms with Crippen LogP contribution in [0, 0.1) is 17.2 Å². The number of piperidine rings is 3. The van der Waals surface area contributed by atoms with Crippen molar-refractivity contribution in [2.24, 2.45) is 5.92 Å². The Hall–Kier alpha value is -3.99. The minimum atomic E-state index is -1.82. The van der Waals surface area contributed by atoms with E-state index in [-0.39, 0.29) is 12.0 Å². The van der Waals surface area contributed by atoms with E-state index in [1.807, 2.05) is 18.2 Å². The summed E-state index contributed by atoms with van der Waals surface area (Å²) in [4.78, 5) is 20.9. The highest BCUT2D eigenvalue weighted by Gasteiger charge is 2.47. The minimum absolute atomic E-state index is 0.179. The quantitative estimate of drug-likeness (QED) is 0.481. The van der Waals surface area contributed by atoms with Gasteiger partial charge in [0.15, 0.2) is 0 Å². The van der Waals surface area contributed by atoms with Gasteiger partial charge in [0.25, 0.3) is 0 Å². The Labute approximate surface area is 216 Å². The summed E-state index contributed by atoms with van der Waals surface area (Å²) in [5.41, 5.74) is 4.47. The van der Waals surface area contributed by atoms with Crippen molar-refractivity contribution in [3.63, 3.8) is 0 Å². The predicted molar refractivity (Wildman–Crippen MR) is 138 cm³/mol. The summed E-state index contributed by atoms with van der Waals surface area (Å²) in [5.74, 6) is -2.78. The topological polar surface area (TPSA) is 111 Å². The summed E-state index contributed by atoms with van der Waals surface area (Å²) in [6, 6.07) is 32.1. The Morgan fingerprint density at radius 2 is 1.46 bits per heavy atom. The van der Waals surface area contributed by atoms with Gasteiger partial charge in [-0.05, 0) is 60.7 Å². The molecule has 0 radical (unpaired) electrons. The normalized spacial score (nSPS) is 21.9. The van der Waals surface area contributed by atoms with Gasteiger partial charge in [0.1, 0.15) is 0 Å². The van der Waals surface area contributed by atoms with Crippen molar-refractivity contribution in [3.8, 4) is 6.07 Å². The lowest BCUT2D eigenvalue weighted by atomic mass is 9.72. The molecule has 6 rings (SSSR count). The maximum atomic E-state index is 9.23. The van der Waals surface area contributed by atoms with Crippen molar-refractivity contribution < 1.29 is 24.5 Å². The smallest absolute Gasteiger partial charge is 0.414 e. The van der Waals surface area contributed by atoms with Gasteiger partial charge < -0.3 is 14.9 Å².